The van der Waals surface area contributed by atoms with Crippen LogP contribution in [0.5, 0.6) is 0 Å². The van der Waals surface area contributed by atoms with Gasteiger partial charge in [0, 0.05) is 27.8 Å². The topological polar surface area (TPSA) is 65.7 Å². The van der Waals surface area contributed by atoms with Gasteiger partial charge in [-0.25, -0.2) is 15.0 Å². The predicted octanol–water partition coefficient (Wildman–Crippen LogP) is 10.5. The Hall–Kier alpha value is -5.60. The van der Waals surface area contributed by atoms with E-state index in [2.05, 4.69) is 91.5 Å². The Morgan fingerprint density at radius 3 is 1.70 bits per heavy atom. The second kappa shape index (κ2) is 12.0. The first-order valence-corrected chi connectivity index (χ1v) is 16.2. The molecule has 0 bridgehead atoms. The number of benzene rings is 5. The van der Waals surface area contributed by atoms with Crippen molar-refractivity contribution in [3.8, 4) is 40.2 Å². The molecule has 47 heavy (non-hydrogen) atoms. The lowest BCUT2D eigenvalue weighted by Gasteiger charge is -2.42. The smallest absolute Gasteiger partial charge is 0.164 e. The van der Waals surface area contributed by atoms with Gasteiger partial charge in [0.1, 0.15) is 0 Å². The maximum atomic E-state index is 9.57. The molecular formula is C42H37N5. The minimum absolute atomic E-state index is 0.185. The number of rotatable bonds is 7. The lowest BCUT2D eigenvalue weighted by atomic mass is 9.73. The van der Waals surface area contributed by atoms with Crippen LogP contribution >= 0.6 is 0 Å². The Kier molecular flexibility index (Phi) is 7.66. The molecule has 2 heterocycles. The molecule has 0 saturated heterocycles. The van der Waals surface area contributed by atoms with E-state index in [4.69, 9.17) is 15.0 Å². The normalized spacial score (nSPS) is 13.4. The first-order valence-electron chi connectivity index (χ1n) is 16.2. The molecule has 0 fully saturated rings. The molecule has 0 saturated carbocycles. The molecule has 1 aliphatic rings. The fraction of sp³-hybridized carbons (Fsp3) is 0.190. The van der Waals surface area contributed by atoms with Crippen molar-refractivity contribution in [1.82, 2.24) is 15.0 Å². The van der Waals surface area contributed by atoms with Crippen LogP contribution in [-0.2, 0) is 11.8 Å². The van der Waals surface area contributed by atoms with E-state index >= 15 is 0 Å². The lowest BCUT2D eigenvalue weighted by Crippen LogP contribution is -2.30. The van der Waals surface area contributed by atoms with E-state index in [1.54, 1.807) is 0 Å². The summed E-state index contributed by atoms with van der Waals surface area (Å²) in [4.78, 5) is 17.1. The molecule has 1 aromatic heterocycles. The van der Waals surface area contributed by atoms with E-state index in [9.17, 15) is 5.26 Å². The molecule has 0 N–H and O–H groups in total. The molecule has 230 valence electrons. The third-order valence-electron chi connectivity index (χ3n) is 9.22. The summed E-state index contributed by atoms with van der Waals surface area (Å²) in [6.07, 6.45) is 1.68. The van der Waals surface area contributed by atoms with Crippen molar-refractivity contribution in [2.75, 3.05) is 4.90 Å². The van der Waals surface area contributed by atoms with Crippen molar-refractivity contribution in [3.63, 3.8) is 0 Å². The fourth-order valence-electron chi connectivity index (χ4n) is 6.39. The molecule has 0 amide bonds. The average molecular weight is 612 g/mol. The zero-order valence-corrected chi connectivity index (χ0v) is 27.3. The summed E-state index contributed by atoms with van der Waals surface area (Å²) < 4.78 is 0. The van der Waals surface area contributed by atoms with Crippen LogP contribution in [0.1, 0.15) is 50.8 Å². The van der Waals surface area contributed by atoms with Crippen LogP contribution in [0, 0.1) is 16.7 Å². The minimum atomic E-state index is -0.353. The van der Waals surface area contributed by atoms with Gasteiger partial charge in [0.2, 0.25) is 0 Å². The number of para-hydroxylation sites is 1. The van der Waals surface area contributed by atoms with E-state index in [-0.39, 0.29) is 10.8 Å². The molecule has 5 nitrogen and oxygen atoms in total. The Labute approximate surface area is 277 Å². The Bertz CT molecular complexity index is 2030. The zero-order chi connectivity index (χ0) is 32.6. The van der Waals surface area contributed by atoms with Crippen molar-refractivity contribution >= 4 is 17.1 Å². The van der Waals surface area contributed by atoms with Crippen LogP contribution in [-0.4, -0.2) is 15.0 Å². The predicted molar refractivity (Wildman–Crippen MR) is 191 cm³/mol. The molecule has 0 aliphatic carbocycles. The summed E-state index contributed by atoms with van der Waals surface area (Å²) in [7, 11) is 0. The second-order valence-electron chi connectivity index (χ2n) is 13.4. The van der Waals surface area contributed by atoms with Gasteiger partial charge in [-0.3, -0.25) is 0 Å². The average Bonchev–Trinajstić information content (AvgIpc) is 3.12. The van der Waals surface area contributed by atoms with Crippen LogP contribution in [0.4, 0.5) is 17.1 Å². The SMILES string of the molecule is CC(C)(C#N)CCc1ccc2c(c1)C(C)(C)c1ccccc1N2c1ccc(-c2nc(-c3ccccc3)nc(-c3ccccc3)n2)cc1. The highest BCUT2D eigenvalue weighted by molar-refractivity contribution is 5.86. The Morgan fingerprint density at radius 1 is 0.617 bits per heavy atom. The number of hydrogen-bond acceptors (Lipinski definition) is 5. The standard InChI is InChI=1S/C42H37N5/c1-41(2,28-43)26-25-29-19-24-37-35(27-29)42(3,4)34-17-11-12-18-36(34)47(37)33-22-20-32(21-23-33)40-45-38(30-13-7-5-8-14-30)44-39(46-40)31-15-9-6-10-16-31/h5-24,27H,25-26H2,1-4H3. The molecule has 5 aromatic carbocycles. The van der Waals surface area contributed by atoms with Gasteiger partial charge < -0.3 is 4.90 Å². The van der Waals surface area contributed by atoms with E-state index < -0.39 is 0 Å². The van der Waals surface area contributed by atoms with Gasteiger partial charge in [0.25, 0.3) is 0 Å². The van der Waals surface area contributed by atoms with Crippen molar-refractivity contribution in [2.45, 2.75) is 46.0 Å². The number of nitriles is 1. The molecule has 6 aromatic rings. The second-order valence-corrected chi connectivity index (χ2v) is 13.4. The lowest BCUT2D eigenvalue weighted by molar-refractivity contribution is 0.452. The van der Waals surface area contributed by atoms with Crippen LogP contribution in [0.3, 0.4) is 0 Å². The third-order valence-corrected chi connectivity index (χ3v) is 9.22. The number of fused-ring (bicyclic) bond motifs is 2. The van der Waals surface area contributed by atoms with Crippen molar-refractivity contribution in [2.24, 2.45) is 5.41 Å². The molecular weight excluding hydrogens is 574 g/mol. The maximum Gasteiger partial charge on any atom is 0.164 e. The molecule has 0 radical (unpaired) electrons. The highest BCUT2D eigenvalue weighted by atomic mass is 15.2. The number of aryl methyl sites for hydroxylation is 1. The van der Waals surface area contributed by atoms with Crippen molar-refractivity contribution in [1.29, 1.82) is 5.26 Å². The van der Waals surface area contributed by atoms with E-state index in [1.807, 2.05) is 74.5 Å². The highest BCUT2D eigenvalue weighted by Crippen LogP contribution is 2.52. The molecule has 0 unspecified atom stereocenters. The first-order chi connectivity index (χ1) is 22.7. The largest absolute Gasteiger partial charge is 0.310 e. The van der Waals surface area contributed by atoms with Gasteiger partial charge in [-0.1, -0.05) is 105 Å². The summed E-state index contributed by atoms with van der Waals surface area (Å²) in [5.41, 5.74) is 9.51. The fourth-order valence-corrected chi connectivity index (χ4v) is 6.39. The van der Waals surface area contributed by atoms with E-state index in [0.29, 0.717) is 17.5 Å². The van der Waals surface area contributed by atoms with Gasteiger partial charge in [-0.05, 0) is 79.8 Å². The van der Waals surface area contributed by atoms with Crippen molar-refractivity contribution in [3.05, 3.63) is 144 Å². The molecule has 5 heteroatoms. The van der Waals surface area contributed by atoms with Gasteiger partial charge >= 0.3 is 0 Å². The van der Waals surface area contributed by atoms with Crippen molar-refractivity contribution < 1.29 is 0 Å². The van der Waals surface area contributed by atoms with Gasteiger partial charge in [0.15, 0.2) is 17.5 Å². The third kappa shape index (κ3) is 5.79. The van der Waals surface area contributed by atoms with Gasteiger partial charge in [-0.15, -0.1) is 0 Å². The summed E-state index contributed by atoms with van der Waals surface area (Å²) in [6.45, 7) is 8.64. The van der Waals surface area contributed by atoms with Gasteiger partial charge in [0.05, 0.1) is 22.9 Å². The zero-order valence-electron chi connectivity index (χ0n) is 27.3. The summed E-state index contributed by atoms with van der Waals surface area (Å²) in [6, 6.07) is 46.6. The number of nitrogens with zero attached hydrogens (tertiary/aromatic N) is 5. The number of hydrogen-bond donors (Lipinski definition) is 0. The molecule has 0 spiro atoms. The number of aromatic nitrogens is 3. The Morgan fingerprint density at radius 2 is 1.13 bits per heavy atom. The summed E-state index contributed by atoms with van der Waals surface area (Å²) in [5.74, 6) is 1.93. The Balaban J connectivity index is 1.30. The van der Waals surface area contributed by atoms with E-state index in [1.165, 1.54) is 28.1 Å². The molecule has 0 atom stereocenters. The quantitative estimate of drug-likeness (QED) is 0.180. The highest BCUT2D eigenvalue weighted by Gasteiger charge is 2.37. The minimum Gasteiger partial charge on any atom is -0.310 e. The van der Waals surface area contributed by atoms with Gasteiger partial charge in [-0.2, -0.15) is 5.26 Å². The maximum absolute atomic E-state index is 9.57. The molecule has 1 aliphatic heterocycles. The summed E-state index contributed by atoms with van der Waals surface area (Å²) >= 11 is 0. The number of anilines is 3. The van der Waals surface area contributed by atoms with E-state index in [0.717, 1.165) is 35.2 Å². The van der Waals surface area contributed by atoms with Crippen LogP contribution in [0.15, 0.2) is 127 Å². The first kappa shape index (κ1) is 30.1. The van der Waals surface area contributed by atoms with Crippen LogP contribution in [0.2, 0.25) is 0 Å². The molecule has 7 rings (SSSR count). The van der Waals surface area contributed by atoms with Crippen LogP contribution in [0.25, 0.3) is 34.2 Å². The summed E-state index contributed by atoms with van der Waals surface area (Å²) in [5, 5.41) is 9.57. The van der Waals surface area contributed by atoms with Crippen LogP contribution < -0.4 is 4.90 Å². The monoisotopic (exact) mass is 611 g/mol.